The molecule has 0 saturated carbocycles. The molecule has 5 heteroatoms. The molecule has 2 aliphatic heterocycles. The van der Waals surface area contributed by atoms with Gasteiger partial charge in [-0.25, -0.2) is 10.3 Å². The van der Waals surface area contributed by atoms with Crippen LogP contribution in [0.25, 0.3) is 0 Å². The topological polar surface area (TPSA) is 44.8 Å². The van der Waals surface area contributed by atoms with E-state index in [0.717, 1.165) is 19.5 Å². The predicted molar refractivity (Wildman–Crippen MR) is 65.5 cm³/mol. The minimum atomic E-state index is -0.108. The Balaban J connectivity index is 2.02. The van der Waals surface area contributed by atoms with Crippen LogP contribution in [0, 0.1) is 0 Å². The zero-order chi connectivity index (χ0) is 12.4. The highest BCUT2D eigenvalue weighted by atomic mass is 16.6. The summed E-state index contributed by atoms with van der Waals surface area (Å²) in [5.74, 6) is 0. The maximum Gasteiger partial charge on any atom is 0.341 e. The second kappa shape index (κ2) is 5.23. The molecule has 2 bridgehead atoms. The number of hydrogen-bond donors (Lipinski definition) is 1. The molecule has 0 aromatic rings. The van der Waals surface area contributed by atoms with Crippen molar-refractivity contribution < 1.29 is 9.63 Å². The molecule has 1 N–H and O–H groups in total. The molecule has 0 aliphatic carbocycles. The van der Waals surface area contributed by atoms with Crippen LogP contribution in [0.3, 0.4) is 0 Å². The van der Waals surface area contributed by atoms with Crippen molar-refractivity contribution in [2.24, 2.45) is 0 Å². The molecule has 5 nitrogen and oxygen atoms in total. The number of hydrogen-bond acceptors (Lipinski definition) is 3. The van der Waals surface area contributed by atoms with E-state index in [1.807, 2.05) is 4.90 Å². The first-order valence-corrected chi connectivity index (χ1v) is 6.48. The van der Waals surface area contributed by atoms with Crippen molar-refractivity contribution in [3.63, 3.8) is 0 Å². The second-order valence-corrected chi connectivity index (χ2v) is 5.27. The van der Waals surface area contributed by atoms with Crippen molar-refractivity contribution in [1.29, 1.82) is 0 Å². The standard InChI is InChI=1S/C12H23N3O2/c1-9(2)15-10-4-5-11(15)8-14(7-6-10)12(16)13-17-3/h9-11H,4-8H2,1-3H3,(H,13,16)/t10-,11+/m1/s1. The van der Waals surface area contributed by atoms with Gasteiger partial charge in [0.1, 0.15) is 0 Å². The zero-order valence-electron chi connectivity index (χ0n) is 11.0. The molecule has 0 spiro atoms. The summed E-state index contributed by atoms with van der Waals surface area (Å²) in [4.78, 5) is 20.9. The molecular formula is C12H23N3O2. The first kappa shape index (κ1) is 12.6. The lowest BCUT2D eigenvalue weighted by molar-refractivity contribution is 0.0833. The van der Waals surface area contributed by atoms with Gasteiger partial charge >= 0.3 is 6.03 Å². The third-order valence-electron chi connectivity index (χ3n) is 3.91. The van der Waals surface area contributed by atoms with Gasteiger partial charge in [-0.05, 0) is 33.1 Å². The van der Waals surface area contributed by atoms with Gasteiger partial charge < -0.3 is 4.90 Å². The summed E-state index contributed by atoms with van der Waals surface area (Å²) < 4.78 is 0. The molecule has 2 rings (SSSR count). The number of nitrogens with zero attached hydrogens (tertiary/aromatic N) is 2. The normalized spacial score (nSPS) is 29.5. The molecule has 2 aliphatic rings. The molecule has 0 aromatic heterocycles. The van der Waals surface area contributed by atoms with Crippen LogP contribution in [0.15, 0.2) is 0 Å². The number of rotatable bonds is 2. The quantitative estimate of drug-likeness (QED) is 0.739. The number of urea groups is 1. The van der Waals surface area contributed by atoms with Crippen molar-refractivity contribution >= 4 is 6.03 Å². The summed E-state index contributed by atoms with van der Waals surface area (Å²) in [7, 11) is 1.47. The van der Waals surface area contributed by atoms with Crippen LogP contribution in [-0.4, -0.2) is 54.2 Å². The van der Waals surface area contributed by atoms with E-state index >= 15 is 0 Å². The number of carbonyl (C=O) groups is 1. The van der Waals surface area contributed by atoms with Crippen LogP contribution in [0.5, 0.6) is 0 Å². The van der Waals surface area contributed by atoms with Crippen molar-refractivity contribution in [1.82, 2.24) is 15.3 Å². The lowest BCUT2D eigenvalue weighted by Gasteiger charge is -2.32. The minimum Gasteiger partial charge on any atom is -0.321 e. The number of amides is 2. The fourth-order valence-electron chi connectivity index (χ4n) is 3.29. The number of likely N-dealkylation sites (tertiary alicyclic amines) is 1. The van der Waals surface area contributed by atoms with Crippen LogP contribution in [0.2, 0.25) is 0 Å². The van der Waals surface area contributed by atoms with Gasteiger partial charge in [-0.2, -0.15) is 0 Å². The summed E-state index contributed by atoms with van der Waals surface area (Å²) in [6, 6.07) is 1.63. The molecule has 2 amide bonds. The number of carbonyl (C=O) groups excluding carboxylic acids is 1. The number of hydroxylamine groups is 1. The Kier molecular flexibility index (Phi) is 3.89. The van der Waals surface area contributed by atoms with E-state index in [9.17, 15) is 4.79 Å². The SMILES string of the molecule is CONC(=O)N1CC[C@H]2CC[C@@H](C1)N2C(C)C. The highest BCUT2D eigenvalue weighted by molar-refractivity contribution is 5.73. The molecule has 17 heavy (non-hydrogen) atoms. The highest BCUT2D eigenvalue weighted by Crippen LogP contribution is 2.31. The lowest BCUT2D eigenvalue weighted by atomic mass is 10.1. The zero-order valence-corrected chi connectivity index (χ0v) is 11.0. The van der Waals surface area contributed by atoms with Gasteiger partial charge in [-0.1, -0.05) is 0 Å². The third kappa shape index (κ3) is 2.55. The summed E-state index contributed by atoms with van der Waals surface area (Å²) in [6.45, 7) is 6.15. The maximum absolute atomic E-state index is 11.8. The molecule has 2 heterocycles. The Labute approximate surface area is 103 Å². The fraction of sp³-hybridized carbons (Fsp3) is 0.917. The third-order valence-corrected chi connectivity index (χ3v) is 3.91. The van der Waals surface area contributed by atoms with E-state index in [4.69, 9.17) is 4.84 Å². The van der Waals surface area contributed by atoms with E-state index in [-0.39, 0.29) is 6.03 Å². The largest absolute Gasteiger partial charge is 0.341 e. The van der Waals surface area contributed by atoms with Crippen LogP contribution in [-0.2, 0) is 4.84 Å². The fourth-order valence-corrected chi connectivity index (χ4v) is 3.29. The molecular weight excluding hydrogens is 218 g/mol. The Morgan fingerprint density at radius 2 is 2.00 bits per heavy atom. The Morgan fingerprint density at radius 3 is 2.65 bits per heavy atom. The molecule has 0 aromatic carbocycles. The summed E-state index contributed by atoms with van der Waals surface area (Å²) in [6.07, 6.45) is 3.56. The first-order chi connectivity index (χ1) is 8.13. The maximum atomic E-state index is 11.8. The van der Waals surface area contributed by atoms with Gasteiger partial charge in [0.15, 0.2) is 0 Å². The van der Waals surface area contributed by atoms with E-state index in [1.54, 1.807) is 0 Å². The van der Waals surface area contributed by atoms with Crippen molar-refractivity contribution in [3.8, 4) is 0 Å². The van der Waals surface area contributed by atoms with Crippen molar-refractivity contribution in [2.45, 2.75) is 51.2 Å². The Bertz CT molecular complexity index is 283. The van der Waals surface area contributed by atoms with Crippen LogP contribution in [0.1, 0.15) is 33.1 Å². The Hall–Kier alpha value is -0.810. The van der Waals surface area contributed by atoms with Crippen LogP contribution >= 0.6 is 0 Å². The summed E-state index contributed by atoms with van der Waals surface area (Å²) in [5.41, 5.74) is 2.42. The summed E-state index contributed by atoms with van der Waals surface area (Å²) in [5, 5.41) is 0. The predicted octanol–water partition coefficient (Wildman–Crippen LogP) is 1.20. The van der Waals surface area contributed by atoms with Gasteiger partial charge in [-0.15, -0.1) is 0 Å². The molecule has 2 fully saturated rings. The van der Waals surface area contributed by atoms with Crippen molar-refractivity contribution in [2.75, 3.05) is 20.2 Å². The van der Waals surface area contributed by atoms with Gasteiger partial charge in [0.2, 0.25) is 0 Å². The van der Waals surface area contributed by atoms with Crippen LogP contribution in [0.4, 0.5) is 4.79 Å². The number of fused-ring (bicyclic) bond motifs is 2. The van der Waals surface area contributed by atoms with Gasteiger partial charge in [0.05, 0.1) is 7.11 Å². The molecule has 2 atom stereocenters. The summed E-state index contributed by atoms with van der Waals surface area (Å²) >= 11 is 0. The monoisotopic (exact) mass is 241 g/mol. The molecule has 0 radical (unpaired) electrons. The second-order valence-electron chi connectivity index (χ2n) is 5.27. The minimum absolute atomic E-state index is 0.108. The smallest absolute Gasteiger partial charge is 0.321 e. The van der Waals surface area contributed by atoms with E-state index in [1.165, 1.54) is 20.0 Å². The molecule has 98 valence electrons. The Morgan fingerprint density at radius 1 is 1.29 bits per heavy atom. The van der Waals surface area contributed by atoms with Crippen LogP contribution < -0.4 is 5.48 Å². The van der Waals surface area contributed by atoms with Gasteiger partial charge in [0, 0.05) is 31.2 Å². The van der Waals surface area contributed by atoms with E-state index in [0.29, 0.717) is 18.1 Å². The number of nitrogens with one attached hydrogen (secondary N) is 1. The average molecular weight is 241 g/mol. The lowest BCUT2D eigenvalue weighted by Crippen LogP contribution is -2.46. The molecule has 2 saturated heterocycles. The van der Waals surface area contributed by atoms with E-state index in [2.05, 4.69) is 24.2 Å². The highest BCUT2D eigenvalue weighted by Gasteiger charge is 2.39. The van der Waals surface area contributed by atoms with Gasteiger partial charge in [0.25, 0.3) is 0 Å². The van der Waals surface area contributed by atoms with E-state index < -0.39 is 0 Å². The van der Waals surface area contributed by atoms with Gasteiger partial charge in [-0.3, -0.25) is 9.74 Å². The molecule has 0 unspecified atom stereocenters. The first-order valence-electron chi connectivity index (χ1n) is 6.48. The van der Waals surface area contributed by atoms with Crippen molar-refractivity contribution in [3.05, 3.63) is 0 Å². The average Bonchev–Trinajstić information content (AvgIpc) is 2.53.